The molecular weight excluding hydrogens is 733 g/mol. The SMILES string of the molecule is Cn1nc(-c2ccc(OCc3ccccc3)nc2OCc2ccccc2)c2cccc(N3CCC(C4CCN(c5ccc(B6OC(C)(C)C(C)(C)O6)cc5)CC4)CC3)c21. The highest BCUT2D eigenvalue weighted by atomic mass is 16.7. The fourth-order valence-electron chi connectivity index (χ4n) is 9.08. The molecule has 59 heavy (non-hydrogen) atoms. The van der Waals surface area contributed by atoms with Gasteiger partial charge in [0.25, 0.3) is 0 Å². The van der Waals surface area contributed by atoms with E-state index in [1.165, 1.54) is 37.1 Å². The number of para-hydroxylation sites is 1. The Hall–Kier alpha value is -5.32. The van der Waals surface area contributed by atoms with Crippen LogP contribution >= 0.6 is 0 Å². The summed E-state index contributed by atoms with van der Waals surface area (Å²) in [7, 11) is 1.73. The Balaban J connectivity index is 0.859. The maximum Gasteiger partial charge on any atom is 0.494 e. The number of anilines is 2. The van der Waals surface area contributed by atoms with E-state index in [1.54, 1.807) is 0 Å². The van der Waals surface area contributed by atoms with Crippen molar-refractivity contribution in [3.8, 4) is 23.0 Å². The van der Waals surface area contributed by atoms with E-state index < -0.39 is 0 Å². The lowest BCUT2D eigenvalue weighted by Gasteiger charge is -2.41. The molecule has 3 fully saturated rings. The van der Waals surface area contributed by atoms with Crippen LogP contribution in [0.25, 0.3) is 22.2 Å². The van der Waals surface area contributed by atoms with E-state index in [0.29, 0.717) is 25.0 Å². The van der Waals surface area contributed by atoms with Crippen LogP contribution in [0.15, 0.2) is 115 Å². The molecule has 3 aliphatic heterocycles. The molecule has 0 unspecified atom stereocenters. The summed E-state index contributed by atoms with van der Waals surface area (Å²) in [6.07, 6.45) is 4.90. The van der Waals surface area contributed by atoms with Crippen molar-refractivity contribution in [1.29, 1.82) is 0 Å². The normalized spacial score (nSPS) is 18.4. The van der Waals surface area contributed by atoms with Gasteiger partial charge in [-0.05, 0) is 106 Å². The van der Waals surface area contributed by atoms with Gasteiger partial charge in [-0.15, -0.1) is 0 Å². The number of benzene rings is 4. The monoisotopic (exact) mass is 789 g/mol. The smallest absolute Gasteiger partial charge is 0.473 e. The Kier molecular flexibility index (Phi) is 10.9. The molecule has 4 aromatic carbocycles. The number of ether oxygens (including phenoxy) is 2. The lowest BCUT2D eigenvalue weighted by Crippen LogP contribution is -2.41. The molecule has 2 aromatic heterocycles. The first-order valence-electron chi connectivity index (χ1n) is 21.4. The van der Waals surface area contributed by atoms with Crippen molar-refractivity contribution in [2.75, 3.05) is 36.0 Å². The first-order chi connectivity index (χ1) is 28.6. The number of fused-ring (bicyclic) bond motifs is 1. The molecule has 3 saturated heterocycles. The van der Waals surface area contributed by atoms with E-state index in [4.69, 9.17) is 28.9 Å². The topological polar surface area (TPSA) is 74.1 Å². The van der Waals surface area contributed by atoms with Gasteiger partial charge in [-0.3, -0.25) is 4.68 Å². The molecule has 0 aliphatic carbocycles. The number of aryl methyl sites for hydroxylation is 1. The molecular formula is C49H56BN5O4. The number of piperidine rings is 2. The van der Waals surface area contributed by atoms with Crippen LogP contribution in [0.2, 0.25) is 0 Å². The molecule has 0 amide bonds. The number of hydrogen-bond acceptors (Lipinski definition) is 8. The predicted octanol–water partition coefficient (Wildman–Crippen LogP) is 9.23. The van der Waals surface area contributed by atoms with Gasteiger partial charge in [-0.1, -0.05) is 84.9 Å². The number of pyridine rings is 1. The summed E-state index contributed by atoms with van der Waals surface area (Å²) >= 11 is 0. The number of nitrogens with zero attached hydrogens (tertiary/aromatic N) is 5. The molecule has 0 radical (unpaired) electrons. The molecule has 0 atom stereocenters. The highest BCUT2D eigenvalue weighted by Gasteiger charge is 2.51. The zero-order valence-electron chi connectivity index (χ0n) is 35.1. The van der Waals surface area contributed by atoms with E-state index in [0.717, 1.165) is 76.8 Å². The van der Waals surface area contributed by atoms with Crippen molar-refractivity contribution in [2.24, 2.45) is 18.9 Å². The summed E-state index contributed by atoms with van der Waals surface area (Å²) in [5.41, 5.74) is 7.94. The maximum absolute atomic E-state index is 6.45. The lowest BCUT2D eigenvalue weighted by molar-refractivity contribution is 0.00578. The fraction of sp³-hybridized carbons (Fsp3) is 0.388. The Labute approximate surface area is 349 Å². The van der Waals surface area contributed by atoms with E-state index in [2.05, 4.69) is 111 Å². The van der Waals surface area contributed by atoms with E-state index in [-0.39, 0.29) is 18.3 Å². The van der Waals surface area contributed by atoms with Gasteiger partial charge in [0.05, 0.1) is 28.0 Å². The first-order valence-corrected chi connectivity index (χ1v) is 21.4. The van der Waals surface area contributed by atoms with Gasteiger partial charge < -0.3 is 28.6 Å². The van der Waals surface area contributed by atoms with Crippen LogP contribution in [0.4, 0.5) is 11.4 Å². The Bertz CT molecular complexity index is 2340. The fourth-order valence-corrected chi connectivity index (χ4v) is 9.08. The van der Waals surface area contributed by atoms with E-state index >= 15 is 0 Å². The summed E-state index contributed by atoms with van der Waals surface area (Å²) in [6, 6.07) is 39.7. The molecule has 10 heteroatoms. The van der Waals surface area contributed by atoms with Gasteiger partial charge in [-0.25, -0.2) is 0 Å². The van der Waals surface area contributed by atoms with Crippen molar-refractivity contribution in [2.45, 2.75) is 77.8 Å². The van der Waals surface area contributed by atoms with Crippen molar-refractivity contribution < 1.29 is 18.8 Å². The molecule has 0 bridgehead atoms. The standard InChI is InChI=1S/C49H56BN5O4/c1-48(2)49(3,4)59-50(58-48)39-19-21-40(22-20-39)54-29-25-37(26-30-54)38-27-31-55(32-28-38)43-18-12-17-41-45(52-53(5)46(41)43)42-23-24-44(56-33-35-13-8-6-9-14-35)51-47(42)57-34-36-15-10-7-11-16-36/h6-24,37-38H,25-34H2,1-5H3. The minimum absolute atomic E-state index is 0.323. The van der Waals surface area contributed by atoms with Crippen molar-refractivity contribution in [3.05, 3.63) is 126 Å². The van der Waals surface area contributed by atoms with E-state index in [9.17, 15) is 0 Å². The summed E-state index contributed by atoms with van der Waals surface area (Å²) in [4.78, 5) is 10.0. The molecule has 9 rings (SSSR count). The molecule has 5 heterocycles. The summed E-state index contributed by atoms with van der Waals surface area (Å²) in [5.74, 6) is 2.54. The summed E-state index contributed by atoms with van der Waals surface area (Å²) < 4.78 is 27.2. The van der Waals surface area contributed by atoms with Gasteiger partial charge >= 0.3 is 7.12 Å². The molecule has 304 valence electrons. The highest BCUT2D eigenvalue weighted by molar-refractivity contribution is 6.62. The van der Waals surface area contributed by atoms with Gasteiger partial charge in [0, 0.05) is 50.4 Å². The van der Waals surface area contributed by atoms with E-state index in [1.807, 2.05) is 53.2 Å². The average Bonchev–Trinajstić information content (AvgIpc) is 3.72. The quantitative estimate of drug-likeness (QED) is 0.120. The average molecular weight is 790 g/mol. The number of aromatic nitrogens is 3. The van der Waals surface area contributed by atoms with Crippen LogP contribution < -0.4 is 24.7 Å². The van der Waals surface area contributed by atoms with Crippen LogP contribution in [0.3, 0.4) is 0 Å². The summed E-state index contributed by atoms with van der Waals surface area (Å²) in [6.45, 7) is 13.5. The lowest BCUT2D eigenvalue weighted by atomic mass is 9.78. The Morgan fingerprint density at radius 2 is 1.22 bits per heavy atom. The van der Waals surface area contributed by atoms with Crippen LogP contribution in [0.1, 0.15) is 64.5 Å². The van der Waals surface area contributed by atoms with Crippen molar-refractivity contribution in [3.63, 3.8) is 0 Å². The third-order valence-corrected chi connectivity index (χ3v) is 13.3. The minimum atomic E-state index is -0.335. The molecule has 9 nitrogen and oxygen atoms in total. The number of hydrogen-bond donors (Lipinski definition) is 0. The first kappa shape index (κ1) is 39.2. The second kappa shape index (κ2) is 16.4. The predicted molar refractivity (Wildman–Crippen MR) is 238 cm³/mol. The molecule has 3 aliphatic rings. The van der Waals surface area contributed by atoms with Gasteiger partial charge in [-0.2, -0.15) is 10.1 Å². The van der Waals surface area contributed by atoms with Crippen LogP contribution in [-0.2, 0) is 29.6 Å². The molecule has 0 N–H and O–H groups in total. The second-order valence-corrected chi connectivity index (χ2v) is 17.5. The second-order valence-electron chi connectivity index (χ2n) is 17.5. The zero-order valence-corrected chi connectivity index (χ0v) is 35.1. The number of rotatable bonds is 11. The summed E-state index contributed by atoms with van der Waals surface area (Å²) in [5, 5.41) is 6.21. The molecule has 0 spiro atoms. The zero-order chi connectivity index (χ0) is 40.6. The Morgan fingerprint density at radius 3 is 1.83 bits per heavy atom. The minimum Gasteiger partial charge on any atom is -0.473 e. The van der Waals surface area contributed by atoms with Crippen molar-refractivity contribution >= 4 is 34.9 Å². The van der Waals surface area contributed by atoms with Gasteiger partial charge in [0.1, 0.15) is 18.9 Å². The van der Waals surface area contributed by atoms with Crippen LogP contribution in [0, 0.1) is 11.8 Å². The molecule has 6 aromatic rings. The third kappa shape index (κ3) is 8.17. The van der Waals surface area contributed by atoms with Gasteiger partial charge in [0.2, 0.25) is 11.8 Å². The van der Waals surface area contributed by atoms with Crippen LogP contribution in [0.5, 0.6) is 11.8 Å². The largest absolute Gasteiger partial charge is 0.494 e. The van der Waals surface area contributed by atoms with Gasteiger partial charge in [0.15, 0.2) is 0 Å². The third-order valence-electron chi connectivity index (χ3n) is 13.3. The molecule has 0 saturated carbocycles. The van der Waals surface area contributed by atoms with Crippen LogP contribution in [-0.4, -0.2) is 59.3 Å². The maximum atomic E-state index is 6.45. The van der Waals surface area contributed by atoms with Crippen molar-refractivity contribution in [1.82, 2.24) is 14.8 Å². The highest BCUT2D eigenvalue weighted by Crippen LogP contribution is 2.41. The Morgan fingerprint density at radius 1 is 0.644 bits per heavy atom.